The van der Waals surface area contributed by atoms with Crippen molar-refractivity contribution in [2.24, 2.45) is 0 Å². The van der Waals surface area contributed by atoms with Crippen LogP contribution >= 0.6 is 11.3 Å². The fourth-order valence-electron chi connectivity index (χ4n) is 3.36. The summed E-state index contributed by atoms with van der Waals surface area (Å²) >= 11 is 1.37. The molecule has 2 heterocycles. The average Bonchev–Trinajstić information content (AvgIpc) is 3.33. The molecule has 1 N–H and O–H groups in total. The van der Waals surface area contributed by atoms with E-state index in [1.54, 1.807) is 30.3 Å². The molecule has 0 bridgehead atoms. The molecule has 2 aromatic carbocycles. The second kappa shape index (κ2) is 8.00. The van der Waals surface area contributed by atoms with E-state index in [2.05, 4.69) is 5.32 Å². The third kappa shape index (κ3) is 3.65. The smallest absolute Gasteiger partial charge is 0.298 e. The van der Waals surface area contributed by atoms with Crippen molar-refractivity contribution in [2.45, 2.75) is 12.3 Å². The van der Waals surface area contributed by atoms with Crippen molar-refractivity contribution in [1.29, 1.82) is 0 Å². The van der Waals surface area contributed by atoms with Gasteiger partial charge in [-0.2, -0.15) is 0 Å². The first-order chi connectivity index (χ1) is 14.5. The summed E-state index contributed by atoms with van der Waals surface area (Å²) in [4.78, 5) is 52.4. The molecule has 0 spiro atoms. The van der Waals surface area contributed by atoms with Gasteiger partial charge in [-0.3, -0.25) is 19.7 Å². The Labute approximate surface area is 174 Å². The summed E-state index contributed by atoms with van der Waals surface area (Å²) in [6.45, 7) is 0. The number of urea groups is 1. The number of fused-ring (bicyclic) bond motifs is 1. The Morgan fingerprint density at radius 1 is 1.03 bits per heavy atom. The Balaban J connectivity index is 1.63. The van der Waals surface area contributed by atoms with Crippen LogP contribution in [0, 0.1) is 5.82 Å². The van der Waals surface area contributed by atoms with Crippen LogP contribution in [0.4, 0.5) is 14.9 Å². The van der Waals surface area contributed by atoms with Crippen molar-refractivity contribution in [1.82, 2.24) is 5.32 Å². The van der Waals surface area contributed by atoms with Crippen molar-refractivity contribution in [3.8, 4) is 0 Å². The van der Waals surface area contributed by atoms with E-state index in [0.717, 1.165) is 21.9 Å². The predicted molar refractivity (Wildman–Crippen MR) is 109 cm³/mol. The minimum Gasteiger partial charge on any atom is -0.298 e. The molecule has 0 saturated heterocycles. The van der Waals surface area contributed by atoms with Gasteiger partial charge in [0.1, 0.15) is 11.7 Å². The Morgan fingerprint density at radius 2 is 1.80 bits per heavy atom. The summed E-state index contributed by atoms with van der Waals surface area (Å²) < 4.78 is 13.9. The Bertz CT molecular complexity index is 1150. The van der Waals surface area contributed by atoms with E-state index in [0.29, 0.717) is 0 Å². The Kier molecular flexibility index (Phi) is 5.24. The molecular weight excluding hydrogens is 407 g/mol. The fourth-order valence-corrected chi connectivity index (χ4v) is 4.08. The Morgan fingerprint density at radius 3 is 2.50 bits per heavy atom. The van der Waals surface area contributed by atoms with Crippen LogP contribution in [0.5, 0.6) is 0 Å². The maximum absolute atomic E-state index is 13.9. The van der Waals surface area contributed by atoms with Crippen LogP contribution in [0.3, 0.4) is 0 Å². The largest absolute Gasteiger partial charge is 0.335 e. The molecule has 1 aliphatic heterocycles. The van der Waals surface area contributed by atoms with Crippen molar-refractivity contribution >= 4 is 40.7 Å². The average molecular weight is 422 g/mol. The molecule has 0 fully saturated rings. The van der Waals surface area contributed by atoms with E-state index < -0.39 is 35.4 Å². The van der Waals surface area contributed by atoms with Crippen molar-refractivity contribution in [3.63, 3.8) is 0 Å². The lowest BCUT2D eigenvalue weighted by atomic mass is 9.94. The molecule has 6 nitrogen and oxygen atoms in total. The highest BCUT2D eigenvalue weighted by Crippen LogP contribution is 2.39. The number of nitrogens with zero attached hydrogens (tertiary/aromatic N) is 1. The van der Waals surface area contributed by atoms with Gasteiger partial charge < -0.3 is 0 Å². The molecule has 1 aromatic heterocycles. The van der Waals surface area contributed by atoms with Crippen LogP contribution in [-0.2, 0) is 16.0 Å². The number of carbonyl (C=O) groups excluding carboxylic acids is 4. The lowest BCUT2D eigenvalue weighted by molar-refractivity contribution is -0.127. The van der Waals surface area contributed by atoms with Gasteiger partial charge in [0.2, 0.25) is 5.91 Å². The van der Waals surface area contributed by atoms with E-state index in [-0.39, 0.29) is 23.2 Å². The first-order valence-electron chi connectivity index (χ1n) is 9.04. The molecule has 30 heavy (non-hydrogen) atoms. The zero-order valence-corrected chi connectivity index (χ0v) is 16.3. The van der Waals surface area contributed by atoms with E-state index in [1.165, 1.54) is 29.5 Å². The molecule has 1 atom stereocenters. The van der Waals surface area contributed by atoms with E-state index >= 15 is 0 Å². The molecular formula is C22H15FN2O4S. The highest BCUT2D eigenvalue weighted by Gasteiger charge is 2.45. The number of Topliss-reactive ketones (excluding diaryl/α,β-unsaturated/α-hetero) is 1. The van der Waals surface area contributed by atoms with Gasteiger partial charge in [-0.05, 0) is 47.3 Å². The van der Waals surface area contributed by atoms with Gasteiger partial charge in [0.25, 0.3) is 5.91 Å². The number of nitrogens with one attached hydrogen (secondary N) is 1. The fraction of sp³-hybridized carbons (Fsp3) is 0.0909. The standard InChI is InChI=1S/C22H15FN2O4S/c23-14-8-9-17-16(11-14)19(18(26)12-15-7-4-10-30-15)21(28)25(17)22(29)24-20(27)13-5-2-1-3-6-13/h1-11,19H,12H2,(H,24,27,29). The highest BCUT2D eigenvalue weighted by atomic mass is 32.1. The van der Waals surface area contributed by atoms with E-state index in [9.17, 15) is 23.6 Å². The van der Waals surface area contributed by atoms with Crippen LogP contribution in [0.15, 0.2) is 66.0 Å². The summed E-state index contributed by atoms with van der Waals surface area (Å²) in [5.74, 6) is -3.88. The summed E-state index contributed by atoms with van der Waals surface area (Å²) in [5.41, 5.74) is 0.440. The summed E-state index contributed by atoms with van der Waals surface area (Å²) in [5, 5.41) is 3.96. The van der Waals surface area contributed by atoms with Crippen LogP contribution in [0.1, 0.15) is 26.7 Å². The summed E-state index contributed by atoms with van der Waals surface area (Å²) in [6.07, 6.45) is -0.0115. The number of rotatable bonds is 4. The van der Waals surface area contributed by atoms with E-state index in [4.69, 9.17) is 0 Å². The number of thiophene rings is 1. The maximum atomic E-state index is 13.9. The highest BCUT2D eigenvalue weighted by molar-refractivity contribution is 7.10. The number of benzene rings is 2. The number of anilines is 1. The number of imide groups is 2. The van der Waals surface area contributed by atoms with Gasteiger partial charge in [-0.1, -0.05) is 24.3 Å². The topological polar surface area (TPSA) is 83.6 Å². The van der Waals surface area contributed by atoms with Crippen molar-refractivity contribution in [3.05, 3.63) is 87.9 Å². The normalized spacial score (nSPS) is 15.0. The van der Waals surface area contributed by atoms with E-state index in [1.807, 2.05) is 5.38 Å². The molecule has 0 radical (unpaired) electrons. The zero-order chi connectivity index (χ0) is 21.3. The quantitative estimate of drug-likeness (QED) is 0.650. The molecule has 0 aliphatic carbocycles. The van der Waals surface area contributed by atoms with Crippen molar-refractivity contribution < 1.29 is 23.6 Å². The summed E-state index contributed by atoms with van der Waals surface area (Å²) in [7, 11) is 0. The predicted octanol–water partition coefficient (Wildman–Crippen LogP) is 3.68. The second-order valence-corrected chi connectivity index (χ2v) is 7.69. The second-order valence-electron chi connectivity index (χ2n) is 6.66. The monoisotopic (exact) mass is 422 g/mol. The van der Waals surface area contributed by atoms with Crippen molar-refractivity contribution in [2.75, 3.05) is 4.90 Å². The first kappa shape index (κ1) is 19.7. The van der Waals surface area contributed by atoms with Crippen LogP contribution in [0.2, 0.25) is 0 Å². The third-order valence-electron chi connectivity index (χ3n) is 4.72. The van der Waals surface area contributed by atoms with Crippen LogP contribution in [0.25, 0.3) is 0 Å². The number of amides is 4. The van der Waals surface area contributed by atoms with Gasteiger partial charge in [0.05, 0.1) is 5.69 Å². The Hall–Kier alpha value is -3.65. The maximum Gasteiger partial charge on any atom is 0.335 e. The van der Waals surface area contributed by atoms with Gasteiger partial charge in [0.15, 0.2) is 5.78 Å². The number of ketones is 1. The van der Waals surface area contributed by atoms with Gasteiger partial charge in [0, 0.05) is 16.9 Å². The molecule has 3 aromatic rings. The molecule has 150 valence electrons. The zero-order valence-electron chi connectivity index (χ0n) is 15.5. The third-order valence-corrected chi connectivity index (χ3v) is 5.60. The molecule has 8 heteroatoms. The minimum absolute atomic E-state index is 0.0115. The van der Waals surface area contributed by atoms with Gasteiger partial charge >= 0.3 is 6.03 Å². The van der Waals surface area contributed by atoms with Crippen LogP contribution < -0.4 is 10.2 Å². The number of carbonyl (C=O) groups is 4. The molecule has 1 unspecified atom stereocenters. The van der Waals surface area contributed by atoms with Gasteiger partial charge in [-0.25, -0.2) is 14.1 Å². The summed E-state index contributed by atoms with van der Waals surface area (Å²) in [6, 6.07) is 14.0. The number of hydrogen-bond donors (Lipinski definition) is 1. The lowest BCUT2D eigenvalue weighted by Crippen LogP contribution is -2.46. The minimum atomic E-state index is -1.31. The molecule has 1 aliphatic rings. The SMILES string of the molecule is O=C(NC(=O)N1C(=O)C(C(=O)Cc2cccs2)c2cc(F)ccc21)c1ccccc1. The first-order valence-corrected chi connectivity index (χ1v) is 9.92. The van der Waals surface area contributed by atoms with Crippen LogP contribution in [-0.4, -0.2) is 23.6 Å². The molecule has 0 saturated carbocycles. The number of hydrogen-bond acceptors (Lipinski definition) is 5. The van der Waals surface area contributed by atoms with Gasteiger partial charge in [-0.15, -0.1) is 11.3 Å². The lowest BCUT2D eigenvalue weighted by Gasteiger charge is -2.16. The molecule has 4 rings (SSSR count). The number of halogens is 1. The molecule has 4 amide bonds.